The van der Waals surface area contributed by atoms with Gasteiger partial charge in [-0.05, 0) is 32.0 Å². The second kappa shape index (κ2) is 9.60. The lowest BCUT2D eigenvalue weighted by Gasteiger charge is -2.05. The fraction of sp³-hybridized carbons (Fsp3) is 0.200. The van der Waals surface area contributed by atoms with Gasteiger partial charge in [0.2, 0.25) is 0 Å². The third-order valence-electron chi connectivity index (χ3n) is 3.68. The molecular formula is C15H19N7O9S2. The van der Waals surface area contributed by atoms with Gasteiger partial charge in [0.05, 0.1) is 5.39 Å². The van der Waals surface area contributed by atoms with E-state index in [2.05, 4.69) is 20.1 Å². The van der Waals surface area contributed by atoms with Crippen molar-refractivity contribution in [2.45, 2.75) is 19.9 Å². The SMILES string of the molecule is CC(C)n1nc(-c2ccc3oc(N)nc3c2)c2c(N)ncnc21.O=S(=O)(O)O.O=S(=O)(O)O. The summed E-state index contributed by atoms with van der Waals surface area (Å²) in [6.07, 6.45) is 1.45. The minimum absolute atomic E-state index is 0.137. The van der Waals surface area contributed by atoms with Crippen LogP contribution in [-0.4, -0.2) is 59.8 Å². The molecular weight excluding hydrogens is 486 g/mol. The van der Waals surface area contributed by atoms with Crippen LogP contribution in [0.1, 0.15) is 19.9 Å². The number of nitrogens with zero attached hydrogens (tertiary/aromatic N) is 5. The summed E-state index contributed by atoms with van der Waals surface area (Å²) in [6, 6.07) is 5.86. The topological polar surface area (TPSA) is 271 Å². The number of benzene rings is 1. The second-order valence-corrected chi connectivity index (χ2v) is 8.27. The lowest BCUT2D eigenvalue weighted by atomic mass is 10.1. The number of hydrogen-bond acceptors (Lipinski definition) is 11. The molecule has 18 heteroatoms. The molecule has 1 aromatic carbocycles. The van der Waals surface area contributed by atoms with Gasteiger partial charge in [-0.25, -0.2) is 14.6 Å². The molecule has 180 valence electrons. The van der Waals surface area contributed by atoms with Crippen molar-refractivity contribution in [2.24, 2.45) is 0 Å². The van der Waals surface area contributed by atoms with Crippen LogP contribution in [0.5, 0.6) is 0 Å². The minimum atomic E-state index is -4.67. The normalized spacial score (nSPS) is 11.7. The summed E-state index contributed by atoms with van der Waals surface area (Å²) >= 11 is 0. The highest BCUT2D eigenvalue weighted by Crippen LogP contribution is 2.33. The van der Waals surface area contributed by atoms with Crippen molar-refractivity contribution in [3.05, 3.63) is 24.5 Å². The molecule has 0 saturated carbocycles. The first-order valence-electron chi connectivity index (χ1n) is 8.59. The van der Waals surface area contributed by atoms with E-state index in [0.29, 0.717) is 22.6 Å². The Hall–Kier alpha value is -3.42. The molecule has 3 heterocycles. The molecule has 0 spiro atoms. The highest BCUT2D eigenvalue weighted by molar-refractivity contribution is 7.80. The van der Waals surface area contributed by atoms with Gasteiger partial charge in [-0.15, -0.1) is 0 Å². The average molecular weight is 505 g/mol. The van der Waals surface area contributed by atoms with Gasteiger partial charge >= 0.3 is 20.8 Å². The number of anilines is 2. The van der Waals surface area contributed by atoms with Gasteiger partial charge < -0.3 is 15.9 Å². The molecule has 0 radical (unpaired) electrons. The van der Waals surface area contributed by atoms with Crippen molar-refractivity contribution >= 4 is 54.8 Å². The third kappa shape index (κ3) is 7.59. The van der Waals surface area contributed by atoms with Crippen molar-refractivity contribution in [2.75, 3.05) is 11.5 Å². The van der Waals surface area contributed by atoms with E-state index >= 15 is 0 Å². The van der Waals surface area contributed by atoms with Crippen molar-refractivity contribution in [3.8, 4) is 11.3 Å². The summed E-state index contributed by atoms with van der Waals surface area (Å²) in [4.78, 5) is 12.6. The first-order valence-corrected chi connectivity index (χ1v) is 11.4. The van der Waals surface area contributed by atoms with Gasteiger partial charge in [0, 0.05) is 11.6 Å². The van der Waals surface area contributed by atoms with Gasteiger partial charge in [0.25, 0.3) is 6.01 Å². The Morgan fingerprint density at radius 3 is 2.12 bits per heavy atom. The molecule has 8 N–H and O–H groups in total. The first kappa shape index (κ1) is 25.8. The second-order valence-electron chi connectivity index (χ2n) is 6.47. The molecule has 0 saturated heterocycles. The number of nitrogens with two attached hydrogens (primary N) is 2. The molecule has 16 nitrogen and oxygen atoms in total. The molecule has 0 unspecified atom stereocenters. The zero-order valence-corrected chi connectivity index (χ0v) is 18.6. The van der Waals surface area contributed by atoms with Crippen LogP contribution in [0, 0.1) is 0 Å². The Balaban J connectivity index is 0.000000327. The quantitative estimate of drug-likeness (QED) is 0.208. The van der Waals surface area contributed by atoms with Crippen molar-refractivity contribution in [1.82, 2.24) is 24.7 Å². The Morgan fingerprint density at radius 1 is 1.00 bits per heavy atom. The number of nitrogen functional groups attached to an aromatic ring is 2. The number of hydrogen-bond donors (Lipinski definition) is 6. The Kier molecular flexibility index (Phi) is 7.52. The fourth-order valence-electron chi connectivity index (χ4n) is 2.65. The summed E-state index contributed by atoms with van der Waals surface area (Å²) < 4.78 is 70.3. The molecule has 0 atom stereocenters. The molecule has 0 amide bonds. The Bertz CT molecular complexity index is 1450. The molecule has 33 heavy (non-hydrogen) atoms. The number of aromatic nitrogens is 5. The van der Waals surface area contributed by atoms with E-state index in [9.17, 15) is 0 Å². The van der Waals surface area contributed by atoms with Crippen LogP contribution in [0.2, 0.25) is 0 Å². The van der Waals surface area contributed by atoms with Crippen LogP contribution in [0.4, 0.5) is 11.8 Å². The predicted octanol–water partition coefficient (Wildman–Crippen LogP) is 1.07. The zero-order chi connectivity index (χ0) is 25.1. The van der Waals surface area contributed by atoms with Crippen LogP contribution >= 0.6 is 0 Å². The number of fused-ring (bicyclic) bond motifs is 2. The van der Waals surface area contributed by atoms with E-state index in [1.165, 1.54) is 6.33 Å². The highest BCUT2D eigenvalue weighted by Gasteiger charge is 2.19. The van der Waals surface area contributed by atoms with Crippen LogP contribution in [0.15, 0.2) is 28.9 Å². The molecule has 4 aromatic rings. The zero-order valence-electron chi connectivity index (χ0n) is 16.9. The van der Waals surface area contributed by atoms with E-state index in [0.717, 1.165) is 16.6 Å². The van der Waals surface area contributed by atoms with Crippen LogP contribution in [0.3, 0.4) is 0 Å². The van der Waals surface area contributed by atoms with Crippen LogP contribution in [0.25, 0.3) is 33.4 Å². The average Bonchev–Trinajstić information content (AvgIpc) is 3.18. The van der Waals surface area contributed by atoms with Gasteiger partial charge in [0.1, 0.15) is 23.4 Å². The van der Waals surface area contributed by atoms with Crippen LogP contribution in [-0.2, 0) is 20.8 Å². The van der Waals surface area contributed by atoms with E-state index in [4.69, 9.17) is 50.9 Å². The third-order valence-corrected chi connectivity index (χ3v) is 3.68. The van der Waals surface area contributed by atoms with Gasteiger partial charge in [0.15, 0.2) is 11.2 Å². The maximum absolute atomic E-state index is 8.74. The highest BCUT2D eigenvalue weighted by atomic mass is 32.3. The van der Waals surface area contributed by atoms with E-state index in [-0.39, 0.29) is 12.1 Å². The smallest absolute Gasteiger partial charge is 0.394 e. The molecule has 3 aromatic heterocycles. The van der Waals surface area contributed by atoms with E-state index in [1.807, 2.05) is 36.7 Å². The summed E-state index contributed by atoms with van der Waals surface area (Å²) in [5, 5.41) is 5.41. The van der Waals surface area contributed by atoms with Crippen molar-refractivity contribution < 1.29 is 39.5 Å². The molecule has 4 rings (SSSR count). The standard InChI is InChI=1S/C15H15N7O.2H2O4S/c1-7(2)22-14-11(13(16)18-6-19-14)12(21-22)8-3-4-10-9(5-8)20-15(17)23-10;2*1-5(2,3)4/h3-7H,1-2H3,(H2,17,20)(H2,16,18,19);2*(H2,1,2,3,4). The van der Waals surface area contributed by atoms with E-state index < -0.39 is 20.8 Å². The summed E-state index contributed by atoms with van der Waals surface area (Å²) in [5.74, 6) is 0.400. The molecule has 0 aliphatic heterocycles. The molecule has 0 aliphatic rings. The van der Waals surface area contributed by atoms with Gasteiger partial charge in [-0.3, -0.25) is 18.2 Å². The molecule has 0 fully saturated rings. The summed E-state index contributed by atoms with van der Waals surface area (Å²) in [6.45, 7) is 4.08. The number of oxazole rings is 1. The number of rotatable bonds is 2. The van der Waals surface area contributed by atoms with Gasteiger partial charge in [-0.1, -0.05) is 0 Å². The minimum Gasteiger partial charge on any atom is -0.424 e. The first-order chi connectivity index (χ1) is 15.0. The van der Waals surface area contributed by atoms with Gasteiger partial charge in [-0.2, -0.15) is 26.9 Å². The van der Waals surface area contributed by atoms with Crippen molar-refractivity contribution in [1.29, 1.82) is 0 Å². The predicted molar refractivity (Wildman–Crippen MR) is 116 cm³/mol. The lowest BCUT2D eigenvalue weighted by molar-refractivity contribution is 0.378. The Labute approximate surface area is 186 Å². The van der Waals surface area contributed by atoms with Crippen molar-refractivity contribution in [3.63, 3.8) is 0 Å². The maximum atomic E-state index is 8.74. The summed E-state index contributed by atoms with van der Waals surface area (Å²) in [5.41, 5.74) is 15.2. The fourth-order valence-corrected chi connectivity index (χ4v) is 2.65. The van der Waals surface area contributed by atoms with Crippen LogP contribution < -0.4 is 11.5 Å². The summed E-state index contributed by atoms with van der Waals surface area (Å²) in [7, 11) is -9.33. The maximum Gasteiger partial charge on any atom is 0.394 e. The molecule has 0 bridgehead atoms. The molecule has 0 aliphatic carbocycles. The lowest BCUT2D eigenvalue weighted by Crippen LogP contribution is -2.04. The van der Waals surface area contributed by atoms with E-state index in [1.54, 1.807) is 0 Å². The monoisotopic (exact) mass is 505 g/mol. The largest absolute Gasteiger partial charge is 0.424 e. The Morgan fingerprint density at radius 2 is 1.58 bits per heavy atom.